The Labute approximate surface area is 109 Å². The third kappa shape index (κ3) is 3.79. The summed E-state index contributed by atoms with van der Waals surface area (Å²) >= 11 is 3.23. The molecule has 0 spiro atoms. The molecule has 0 aliphatic carbocycles. The van der Waals surface area contributed by atoms with Crippen LogP contribution in [0.5, 0.6) is 0 Å². The predicted octanol–water partition coefficient (Wildman–Crippen LogP) is 3.27. The summed E-state index contributed by atoms with van der Waals surface area (Å²) in [5, 5.41) is 3.22. The highest BCUT2D eigenvalue weighted by atomic mass is 79.9. The topological polar surface area (TPSA) is 37.8 Å². The molecule has 1 N–H and O–H groups in total. The average Bonchev–Trinajstić information content (AvgIpc) is 2.28. The van der Waals surface area contributed by atoms with E-state index in [1.807, 2.05) is 24.3 Å². The first-order valence-corrected chi connectivity index (χ1v) is 5.40. The van der Waals surface area contributed by atoms with Crippen molar-refractivity contribution >= 4 is 34.2 Å². The normalized spacial score (nSPS) is 9.31. The maximum Gasteiger partial charge on any atom is 0.198 e. The van der Waals surface area contributed by atoms with Gasteiger partial charge in [-0.1, -0.05) is 30.3 Å². The van der Waals surface area contributed by atoms with Gasteiger partial charge in [-0.05, 0) is 27.6 Å². The lowest BCUT2D eigenvalue weighted by Gasteiger charge is -2.04. The van der Waals surface area contributed by atoms with E-state index in [1.54, 1.807) is 6.20 Å². The number of halogens is 2. The molecule has 1 aromatic carbocycles. The van der Waals surface area contributed by atoms with Crippen LogP contribution in [-0.2, 0) is 6.54 Å². The maximum absolute atomic E-state index is 4.18. The van der Waals surface area contributed by atoms with Crippen molar-refractivity contribution in [3.63, 3.8) is 0 Å². The van der Waals surface area contributed by atoms with E-state index in [0.29, 0.717) is 4.73 Å². The van der Waals surface area contributed by atoms with Crippen LogP contribution in [0.2, 0.25) is 0 Å². The molecular formula is C11H11BrClN3. The minimum absolute atomic E-state index is 0. The molecule has 5 heteroatoms. The van der Waals surface area contributed by atoms with Gasteiger partial charge in [-0.25, -0.2) is 9.97 Å². The van der Waals surface area contributed by atoms with Gasteiger partial charge in [-0.2, -0.15) is 0 Å². The van der Waals surface area contributed by atoms with E-state index < -0.39 is 0 Å². The standard InChI is InChI=1S/C11H10BrN3.ClH/c12-11-13-7-6-10(15-11)14-8-9-4-2-1-3-5-9;/h1-7H,8H2,(H,13,14,15);1H. The van der Waals surface area contributed by atoms with Crippen LogP contribution in [0.1, 0.15) is 5.56 Å². The molecule has 0 radical (unpaired) electrons. The van der Waals surface area contributed by atoms with Crippen LogP contribution >= 0.6 is 28.3 Å². The molecule has 0 saturated heterocycles. The fourth-order valence-electron chi connectivity index (χ4n) is 1.22. The molecule has 0 unspecified atom stereocenters. The van der Waals surface area contributed by atoms with Gasteiger partial charge in [0.2, 0.25) is 0 Å². The lowest BCUT2D eigenvalue weighted by Crippen LogP contribution is -2.01. The maximum atomic E-state index is 4.18. The molecule has 0 aliphatic heterocycles. The van der Waals surface area contributed by atoms with E-state index >= 15 is 0 Å². The highest BCUT2D eigenvalue weighted by Gasteiger charge is 1.95. The Balaban J connectivity index is 0.00000128. The van der Waals surface area contributed by atoms with E-state index in [9.17, 15) is 0 Å². The summed E-state index contributed by atoms with van der Waals surface area (Å²) < 4.78 is 0.598. The van der Waals surface area contributed by atoms with Gasteiger partial charge in [0.15, 0.2) is 4.73 Å². The minimum atomic E-state index is 0. The summed E-state index contributed by atoms with van der Waals surface area (Å²) in [6.07, 6.45) is 1.71. The Morgan fingerprint density at radius 3 is 2.56 bits per heavy atom. The van der Waals surface area contributed by atoms with Gasteiger partial charge < -0.3 is 5.32 Å². The molecule has 0 amide bonds. The number of aromatic nitrogens is 2. The molecule has 1 aromatic heterocycles. The molecule has 1 heterocycles. The summed E-state index contributed by atoms with van der Waals surface area (Å²) in [5.41, 5.74) is 1.23. The van der Waals surface area contributed by atoms with Crippen LogP contribution in [0.3, 0.4) is 0 Å². The SMILES string of the molecule is Brc1nccc(NCc2ccccc2)n1.Cl. The number of rotatable bonds is 3. The van der Waals surface area contributed by atoms with Crippen LogP contribution in [0.25, 0.3) is 0 Å². The number of nitrogens with zero attached hydrogens (tertiary/aromatic N) is 2. The van der Waals surface area contributed by atoms with Crippen molar-refractivity contribution in [1.82, 2.24) is 9.97 Å². The Kier molecular flexibility index (Phi) is 5.22. The van der Waals surface area contributed by atoms with Gasteiger partial charge >= 0.3 is 0 Å². The molecule has 3 nitrogen and oxygen atoms in total. The van der Waals surface area contributed by atoms with Crippen molar-refractivity contribution in [2.75, 3.05) is 5.32 Å². The summed E-state index contributed by atoms with van der Waals surface area (Å²) in [6.45, 7) is 0.768. The van der Waals surface area contributed by atoms with Crippen molar-refractivity contribution in [3.05, 3.63) is 52.9 Å². The summed E-state index contributed by atoms with van der Waals surface area (Å²) in [4.78, 5) is 8.14. The van der Waals surface area contributed by atoms with Crippen molar-refractivity contribution in [1.29, 1.82) is 0 Å². The van der Waals surface area contributed by atoms with E-state index in [-0.39, 0.29) is 12.4 Å². The molecule has 2 aromatic rings. The van der Waals surface area contributed by atoms with Gasteiger partial charge in [0.25, 0.3) is 0 Å². The molecule has 0 bridgehead atoms. The Hall–Kier alpha value is -1.13. The van der Waals surface area contributed by atoms with Crippen molar-refractivity contribution in [3.8, 4) is 0 Å². The number of hydrogen-bond acceptors (Lipinski definition) is 3. The number of anilines is 1. The second-order valence-corrected chi connectivity index (χ2v) is 3.76. The van der Waals surface area contributed by atoms with Gasteiger partial charge in [0, 0.05) is 12.7 Å². The zero-order valence-electron chi connectivity index (χ0n) is 8.43. The largest absolute Gasteiger partial charge is 0.366 e. The molecule has 84 valence electrons. The molecule has 16 heavy (non-hydrogen) atoms. The van der Waals surface area contributed by atoms with Gasteiger partial charge in [-0.3, -0.25) is 0 Å². The average molecular weight is 301 g/mol. The van der Waals surface area contributed by atoms with E-state index in [2.05, 4.69) is 43.3 Å². The van der Waals surface area contributed by atoms with Crippen molar-refractivity contribution < 1.29 is 0 Å². The van der Waals surface area contributed by atoms with Gasteiger partial charge in [-0.15, -0.1) is 12.4 Å². The molecular weight excluding hydrogens is 289 g/mol. The highest BCUT2D eigenvalue weighted by Crippen LogP contribution is 2.08. The van der Waals surface area contributed by atoms with Gasteiger partial charge in [0.05, 0.1) is 0 Å². The van der Waals surface area contributed by atoms with E-state index in [0.717, 1.165) is 12.4 Å². The lowest BCUT2D eigenvalue weighted by molar-refractivity contribution is 1.06. The van der Waals surface area contributed by atoms with E-state index in [4.69, 9.17) is 0 Å². The minimum Gasteiger partial charge on any atom is -0.366 e. The Morgan fingerprint density at radius 1 is 1.12 bits per heavy atom. The van der Waals surface area contributed by atoms with Crippen LogP contribution in [0.15, 0.2) is 47.3 Å². The monoisotopic (exact) mass is 299 g/mol. The first kappa shape index (κ1) is 12.9. The van der Waals surface area contributed by atoms with Gasteiger partial charge in [0.1, 0.15) is 5.82 Å². The van der Waals surface area contributed by atoms with Crippen molar-refractivity contribution in [2.24, 2.45) is 0 Å². The number of benzene rings is 1. The fourth-order valence-corrected chi connectivity index (χ4v) is 1.53. The van der Waals surface area contributed by atoms with E-state index in [1.165, 1.54) is 5.56 Å². The highest BCUT2D eigenvalue weighted by molar-refractivity contribution is 9.10. The Morgan fingerprint density at radius 2 is 1.88 bits per heavy atom. The molecule has 0 atom stereocenters. The second kappa shape index (κ2) is 6.45. The first-order chi connectivity index (χ1) is 7.34. The summed E-state index contributed by atoms with van der Waals surface area (Å²) in [6, 6.07) is 12.0. The molecule has 0 fully saturated rings. The molecule has 0 saturated carbocycles. The quantitative estimate of drug-likeness (QED) is 0.884. The fraction of sp³-hybridized carbons (Fsp3) is 0.0909. The molecule has 2 rings (SSSR count). The predicted molar refractivity (Wildman–Crippen MR) is 70.7 cm³/mol. The summed E-state index contributed by atoms with van der Waals surface area (Å²) in [5.74, 6) is 0.820. The zero-order chi connectivity index (χ0) is 10.5. The van der Waals surface area contributed by atoms with Crippen molar-refractivity contribution in [2.45, 2.75) is 6.54 Å². The second-order valence-electron chi connectivity index (χ2n) is 3.05. The summed E-state index contributed by atoms with van der Waals surface area (Å²) in [7, 11) is 0. The molecule has 0 aliphatic rings. The number of nitrogens with one attached hydrogen (secondary N) is 1. The van der Waals surface area contributed by atoms with Crippen LogP contribution in [0, 0.1) is 0 Å². The lowest BCUT2D eigenvalue weighted by atomic mass is 10.2. The van der Waals surface area contributed by atoms with Crippen LogP contribution in [0.4, 0.5) is 5.82 Å². The Bertz CT molecular complexity index is 436. The first-order valence-electron chi connectivity index (χ1n) is 4.61. The smallest absolute Gasteiger partial charge is 0.198 e. The third-order valence-corrected chi connectivity index (χ3v) is 2.32. The van der Waals surface area contributed by atoms with Crippen LogP contribution in [-0.4, -0.2) is 9.97 Å². The third-order valence-electron chi connectivity index (χ3n) is 1.94. The van der Waals surface area contributed by atoms with Crippen LogP contribution < -0.4 is 5.32 Å². The number of hydrogen-bond donors (Lipinski definition) is 1. The zero-order valence-corrected chi connectivity index (χ0v) is 10.8.